The Hall–Kier alpha value is -0.680. The van der Waals surface area contributed by atoms with Crippen molar-refractivity contribution in [1.29, 1.82) is 0 Å². The van der Waals surface area contributed by atoms with Crippen molar-refractivity contribution >= 4 is 11.8 Å². The van der Waals surface area contributed by atoms with E-state index in [-0.39, 0.29) is 16.7 Å². The van der Waals surface area contributed by atoms with Gasteiger partial charge in [-0.05, 0) is 36.4 Å². The molecule has 5 heteroatoms. The monoisotopic (exact) mass is 222 g/mol. The van der Waals surface area contributed by atoms with Crippen LogP contribution in [0.15, 0.2) is 29.2 Å². The number of hydrogen-bond acceptors (Lipinski definition) is 2. The zero-order valence-electron chi connectivity index (χ0n) is 7.38. The topological polar surface area (TPSA) is 20.2 Å². The second-order valence-electron chi connectivity index (χ2n) is 2.79. The maximum absolute atomic E-state index is 11.9. The molecular weight excluding hydrogens is 213 g/mol. The van der Waals surface area contributed by atoms with Gasteiger partial charge in [0.2, 0.25) is 0 Å². The minimum Gasteiger partial charge on any atom is -0.389 e. The van der Waals surface area contributed by atoms with Gasteiger partial charge in [-0.15, -0.1) is 0 Å². The van der Waals surface area contributed by atoms with Crippen molar-refractivity contribution < 1.29 is 18.3 Å². The second-order valence-corrected chi connectivity index (χ2v) is 3.93. The van der Waals surface area contributed by atoms with E-state index in [1.807, 2.05) is 0 Å². The number of thioether (sulfide) groups is 1. The largest absolute Gasteiger partial charge is 0.446 e. The lowest BCUT2D eigenvalue weighted by molar-refractivity contribution is -0.0328. The Kier molecular flexibility index (Phi) is 3.44. The van der Waals surface area contributed by atoms with Crippen molar-refractivity contribution in [3.05, 3.63) is 29.8 Å². The third kappa shape index (κ3) is 3.59. The van der Waals surface area contributed by atoms with Crippen LogP contribution in [0.5, 0.6) is 0 Å². The van der Waals surface area contributed by atoms with E-state index in [1.54, 1.807) is 6.92 Å². The molecule has 0 spiro atoms. The predicted molar refractivity (Wildman–Crippen MR) is 49.0 cm³/mol. The number of aliphatic hydroxyl groups excluding tert-OH is 1. The van der Waals surface area contributed by atoms with Crippen molar-refractivity contribution in [2.75, 3.05) is 0 Å². The van der Waals surface area contributed by atoms with Crippen LogP contribution in [0.3, 0.4) is 0 Å². The van der Waals surface area contributed by atoms with Crippen LogP contribution in [0.2, 0.25) is 0 Å². The summed E-state index contributed by atoms with van der Waals surface area (Å²) in [7, 11) is 0. The lowest BCUT2D eigenvalue weighted by atomic mass is 10.1. The van der Waals surface area contributed by atoms with Crippen molar-refractivity contribution in [2.24, 2.45) is 0 Å². The van der Waals surface area contributed by atoms with Gasteiger partial charge in [-0.25, -0.2) is 0 Å². The zero-order chi connectivity index (χ0) is 10.8. The average Bonchev–Trinajstić information content (AvgIpc) is 2.02. The third-order valence-corrected chi connectivity index (χ3v) is 2.34. The number of aliphatic hydroxyl groups is 1. The van der Waals surface area contributed by atoms with E-state index in [0.717, 1.165) is 0 Å². The minimum absolute atomic E-state index is 0.127. The summed E-state index contributed by atoms with van der Waals surface area (Å²) in [6.45, 7) is 1.56. The molecule has 1 unspecified atom stereocenters. The molecule has 1 rings (SSSR count). The molecular formula is C9H9F3OS. The normalized spacial score (nSPS) is 14.1. The van der Waals surface area contributed by atoms with Gasteiger partial charge in [-0.2, -0.15) is 13.2 Å². The highest BCUT2D eigenvalue weighted by Crippen LogP contribution is 2.36. The third-order valence-electron chi connectivity index (χ3n) is 1.60. The van der Waals surface area contributed by atoms with E-state index in [2.05, 4.69) is 0 Å². The van der Waals surface area contributed by atoms with Crippen molar-refractivity contribution in [3.8, 4) is 0 Å². The summed E-state index contributed by atoms with van der Waals surface area (Å²) >= 11 is -0.160. The SMILES string of the molecule is CC(O)c1ccc(SC(F)(F)F)cc1. The Labute approximate surface area is 83.9 Å². The first-order valence-corrected chi connectivity index (χ1v) is 4.74. The molecule has 0 aliphatic carbocycles. The molecule has 0 aliphatic heterocycles. The van der Waals surface area contributed by atoms with Crippen LogP contribution in [0.25, 0.3) is 0 Å². The highest BCUT2D eigenvalue weighted by molar-refractivity contribution is 8.00. The molecule has 0 bridgehead atoms. The number of hydrogen-bond donors (Lipinski definition) is 1. The highest BCUT2D eigenvalue weighted by atomic mass is 32.2. The van der Waals surface area contributed by atoms with Crippen LogP contribution in [0.1, 0.15) is 18.6 Å². The summed E-state index contributed by atoms with van der Waals surface area (Å²) in [5.74, 6) is 0. The number of rotatable bonds is 2. The van der Waals surface area contributed by atoms with Crippen molar-refractivity contribution in [1.82, 2.24) is 0 Å². The van der Waals surface area contributed by atoms with Crippen molar-refractivity contribution in [3.63, 3.8) is 0 Å². The lowest BCUT2D eigenvalue weighted by Gasteiger charge is -2.07. The van der Waals surface area contributed by atoms with E-state index < -0.39 is 11.6 Å². The van der Waals surface area contributed by atoms with Crippen LogP contribution in [-0.4, -0.2) is 10.6 Å². The van der Waals surface area contributed by atoms with Crippen LogP contribution < -0.4 is 0 Å². The van der Waals surface area contributed by atoms with Gasteiger partial charge < -0.3 is 5.11 Å². The zero-order valence-corrected chi connectivity index (χ0v) is 8.19. The molecule has 0 saturated carbocycles. The number of halogens is 3. The summed E-state index contributed by atoms with van der Waals surface area (Å²) in [4.78, 5) is 0.127. The minimum atomic E-state index is -4.26. The van der Waals surface area contributed by atoms with Gasteiger partial charge in [0.15, 0.2) is 0 Å². The van der Waals surface area contributed by atoms with Crippen molar-refractivity contribution in [2.45, 2.75) is 23.4 Å². The van der Waals surface area contributed by atoms with Crippen LogP contribution >= 0.6 is 11.8 Å². The van der Waals surface area contributed by atoms with Gasteiger partial charge in [-0.1, -0.05) is 12.1 Å². The Bertz CT molecular complexity index is 292. The quantitative estimate of drug-likeness (QED) is 0.774. The average molecular weight is 222 g/mol. The summed E-state index contributed by atoms with van der Waals surface area (Å²) in [6, 6.07) is 5.66. The molecule has 0 aromatic heterocycles. The molecule has 1 aromatic rings. The molecule has 14 heavy (non-hydrogen) atoms. The molecule has 0 amide bonds. The molecule has 0 saturated heterocycles. The highest BCUT2D eigenvalue weighted by Gasteiger charge is 2.28. The fourth-order valence-corrected chi connectivity index (χ4v) is 1.49. The molecule has 1 N–H and O–H groups in total. The fraction of sp³-hybridized carbons (Fsp3) is 0.333. The molecule has 1 atom stereocenters. The molecule has 0 heterocycles. The lowest BCUT2D eigenvalue weighted by Crippen LogP contribution is -1.99. The van der Waals surface area contributed by atoms with E-state index in [0.29, 0.717) is 5.56 Å². The molecule has 78 valence electrons. The molecule has 0 fully saturated rings. The van der Waals surface area contributed by atoms with Gasteiger partial charge in [-0.3, -0.25) is 0 Å². The Morgan fingerprint density at radius 2 is 1.71 bits per heavy atom. The molecule has 1 aromatic carbocycles. The van der Waals surface area contributed by atoms with E-state index in [9.17, 15) is 13.2 Å². The smallest absolute Gasteiger partial charge is 0.389 e. The Morgan fingerprint density at radius 1 is 1.21 bits per heavy atom. The summed E-state index contributed by atoms with van der Waals surface area (Å²) in [5.41, 5.74) is -3.65. The summed E-state index contributed by atoms with van der Waals surface area (Å²) < 4.78 is 35.7. The van der Waals surface area contributed by atoms with Crippen LogP contribution in [0.4, 0.5) is 13.2 Å². The Balaban J connectivity index is 2.74. The van der Waals surface area contributed by atoms with Crippen LogP contribution in [-0.2, 0) is 0 Å². The standard InChI is InChI=1S/C9H9F3OS/c1-6(13)7-2-4-8(5-3-7)14-9(10,11)12/h2-6,13H,1H3. The van der Waals surface area contributed by atoms with E-state index >= 15 is 0 Å². The van der Waals surface area contributed by atoms with Gasteiger partial charge in [0.25, 0.3) is 0 Å². The second kappa shape index (κ2) is 4.23. The maximum Gasteiger partial charge on any atom is 0.446 e. The van der Waals surface area contributed by atoms with Crippen LogP contribution in [0, 0.1) is 0 Å². The van der Waals surface area contributed by atoms with Gasteiger partial charge in [0.1, 0.15) is 0 Å². The molecule has 1 nitrogen and oxygen atoms in total. The summed E-state index contributed by atoms with van der Waals surface area (Å²) in [6.07, 6.45) is -0.653. The predicted octanol–water partition coefficient (Wildman–Crippen LogP) is 3.35. The maximum atomic E-state index is 11.9. The first-order valence-electron chi connectivity index (χ1n) is 3.92. The number of benzene rings is 1. The van der Waals surface area contributed by atoms with Gasteiger partial charge in [0.05, 0.1) is 6.10 Å². The molecule has 0 radical (unpaired) electrons. The molecule has 0 aliphatic rings. The first kappa shape index (κ1) is 11.4. The van der Waals surface area contributed by atoms with E-state index in [4.69, 9.17) is 5.11 Å². The number of alkyl halides is 3. The Morgan fingerprint density at radius 3 is 2.07 bits per heavy atom. The van der Waals surface area contributed by atoms with Gasteiger partial charge in [0, 0.05) is 4.90 Å². The summed E-state index contributed by atoms with van der Waals surface area (Å²) in [5, 5.41) is 9.12. The fourth-order valence-electron chi connectivity index (χ4n) is 0.948. The first-order chi connectivity index (χ1) is 6.38. The van der Waals surface area contributed by atoms with E-state index in [1.165, 1.54) is 24.3 Å². The van der Waals surface area contributed by atoms with Gasteiger partial charge >= 0.3 is 5.51 Å².